The zero-order valence-electron chi connectivity index (χ0n) is 10.7. The van der Waals surface area contributed by atoms with Crippen LogP contribution in [0, 0.1) is 5.41 Å². The number of hydrogen-bond acceptors (Lipinski definition) is 3. The summed E-state index contributed by atoms with van der Waals surface area (Å²) in [5.41, 5.74) is 5.43. The Kier molecular flexibility index (Phi) is 4.11. The van der Waals surface area contributed by atoms with E-state index in [2.05, 4.69) is 15.9 Å². The summed E-state index contributed by atoms with van der Waals surface area (Å²) >= 11 is 3.51. The van der Waals surface area contributed by atoms with Gasteiger partial charge in [-0.1, -0.05) is 34.1 Å². The first-order valence-corrected chi connectivity index (χ1v) is 7.08. The van der Waals surface area contributed by atoms with Gasteiger partial charge < -0.3 is 15.6 Å². The van der Waals surface area contributed by atoms with Crippen molar-refractivity contribution in [3.05, 3.63) is 34.3 Å². The third kappa shape index (κ3) is 2.23. The first-order chi connectivity index (χ1) is 8.53. The van der Waals surface area contributed by atoms with Gasteiger partial charge in [0.15, 0.2) is 0 Å². The summed E-state index contributed by atoms with van der Waals surface area (Å²) in [6.07, 6.45) is 1.83. The van der Waals surface area contributed by atoms with Crippen LogP contribution in [-0.4, -0.2) is 24.9 Å². The van der Waals surface area contributed by atoms with Crippen molar-refractivity contribution in [1.82, 2.24) is 0 Å². The number of benzene rings is 1. The highest BCUT2D eigenvalue weighted by Crippen LogP contribution is 2.46. The standard InChI is InChI=1S/C14H20BrNO2/c1-13(17,11-5-2-3-6-12(11)15)14(9-16)7-4-8-18-10-14/h2-3,5-6,17H,4,7-10,16H2,1H3. The quantitative estimate of drug-likeness (QED) is 0.901. The summed E-state index contributed by atoms with van der Waals surface area (Å²) in [5, 5.41) is 11.1. The number of rotatable bonds is 3. The number of aliphatic hydroxyl groups is 1. The second-order valence-electron chi connectivity index (χ2n) is 5.19. The van der Waals surface area contributed by atoms with E-state index in [9.17, 15) is 5.11 Å². The van der Waals surface area contributed by atoms with E-state index in [1.165, 1.54) is 0 Å². The zero-order chi connectivity index (χ0) is 13.2. The molecule has 2 unspecified atom stereocenters. The van der Waals surface area contributed by atoms with Crippen LogP contribution < -0.4 is 5.73 Å². The van der Waals surface area contributed by atoms with Crippen LogP contribution in [0.1, 0.15) is 25.3 Å². The van der Waals surface area contributed by atoms with Crippen LogP contribution in [0.2, 0.25) is 0 Å². The van der Waals surface area contributed by atoms with E-state index in [0.717, 1.165) is 29.5 Å². The molecule has 0 saturated carbocycles. The Morgan fingerprint density at radius 1 is 1.50 bits per heavy atom. The highest BCUT2D eigenvalue weighted by Gasteiger charge is 2.49. The van der Waals surface area contributed by atoms with Gasteiger partial charge in [-0.05, 0) is 31.4 Å². The lowest BCUT2D eigenvalue weighted by atomic mass is 9.66. The largest absolute Gasteiger partial charge is 0.385 e. The minimum Gasteiger partial charge on any atom is -0.385 e. The molecule has 0 aliphatic carbocycles. The third-order valence-corrected chi connectivity index (χ3v) is 4.84. The van der Waals surface area contributed by atoms with Gasteiger partial charge in [0.05, 0.1) is 12.2 Å². The molecule has 1 aliphatic heterocycles. The maximum atomic E-state index is 11.1. The molecule has 0 amide bonds. The summed E-state index contributed by atoms with van der Waals surface area (Å²) in [6.45, 7) is 3.53. The number of nitrogens with two attached hydrogens (primary N) is 1. The van der Waals surface area contributed by atoms with Gasteiger partial charge in [0, 0.05) is 23.0 Å². The number of hydrogen-bond donors (Lipinski definition) is 2. The van der Waals surface area contributed by atoms with Crippen LogP contribution in [0.4, 0.5) is 0 Å². The molecule has 3 N–H and O–H groups in total. The Bertz CT molecular complexity index is 414. The molecule has 2 rings (SSSR count). The molecule has 1 aliphatic rings. The predicted molar refractivity (Wildman–Crippen MR) is 75.3 cm³/mol. The second kappa shape index (κ2) is 5.29. The van der Waals surface area contributed by atoms with Crippen molar-refractivity contribution in [1.29, 1.82) is 0 Å². The van der Waals surface area contributed by atoms with Gasteiger partial charge in [0.2, 0.25) is 0 Å². The molecular formula is C14H20BrNO2. The van der Waals surface area contributed by atoms with Crippen LogP contribution >= 0.6 is 15.9 Å². The van der Waals surface area contributed by atoms with Gasteiger partial charge in [0.25, 0.3) is 0 Å². The summed E-state index contributed by atoms with van der Waals surface area (Å²) in [4.78, 5) is 0. The fourth-order valence-corrected chi connectivity index (χ4v) is 3.41. The van der Waals surface area contributed by atoms with E-state index in [4.69, 9.17) is 10.5 Å². The maximum absolute atomic E-state index is 11.1. The third-order valence-electron chi connectivity index (χ3n) is 4.14. The smallest absolute Gasteiger partial charge is 0.0969 e. The number of halogens is 1. The molecule has 0 bridgehead atoms. The van der Waals surface area contributed by atoms with Gasteiger partial charge >= 0.3 is 0 Å². The molecule has 1 saturated heterocycles. The van der Waals surface area contributed by atoms with Crippen LogP contribution in [-0.2, 0) is 10.3 Å². The SMILES string of the molecule is CC(O)(c1ccccc1Br)C1(CN)CCCOC1. The van der Waals surface area contributed by atoms with Gasteiger partial charge in [0.1, 0.15) is 0 Å². The Labute approximate surface area is 116 Å². The zero-order valence-corrected chi connectivity index (χ0v) is 12.2. The lowest BCUT2D eigenvalue weighted by Gasteiger charge is -2.47. The minimum atomic E-state index is -0.998. The lowest BCUT2D eigenvalue weighted by Crippen LogP contribution is -2.53. The van der Waals surface area contributed by atoms with E-state index >= 15 is 0 Å². The summed E-state index contributed by atoms with van der Waals surface area (Å²) in [7, 11) is 0. The van der Waals surface area contributed by atoms with Crippen molar-refractivity contribution in [2.24, 2.45) is 11.1 Å². The topological polar surface area (TPSA) is 55.5 Å². The Morgan fingerprint density at radius 2 is 2.22 bits per heavy atom. The van der Waals surface area contributed by atoms with Crippen LogP contribution in [0.25, 0.3) is 0 Å². The van der Waals surface area contributed by atoms with Gasteiger partial charge in [-0.2, -0.15) is 0 Å². The Hall–Kier alpha value is -0.420. The molecule has 18 heavy (non-hydrogen) atoms. The van der Waals surface area contributed by atoms with E-state index in [1.807, 2.05) is 31.2 Å². The van der Waals surface area contributed by atoms with Gasteiger partial charge in [-0.3, -0.25) is 0 Å². The van der Waals surface area contributed by atoms with Crippen molar-refractivity contribution in [3.8, 4) is 0 Å². The second-order valence-corrected chi connectivity index (χ2v) is 6.05. The van der Waals surface area contributed by atoms with Crippen LogP contribution in [0.15, 0.2) is 28.7 Å². The molecule has 4 heteroatoms. The Morgan fingerprint density at radius 3 is 2.78 bits per heavy atom. The van der Waals surface area contributed by atoms with Crippen molar-refractivity contribution in [2.45, 2.75) is 25.4 Å². The highest BCUT2D eigenvalue weighted by molar-refractivity contribution is 9.10. The van der Waals surface area contributed by atoms with Crippen molar-refractivity contribution < 1.29 is 9.84 Å². The van der Waals surface area contributed by atoms with Crippen LogP contribution in [0.5, 0.6) is 0 Å². The lowest BCUT2D eigenvalue weighted by molar-refractivity contribution is -0.139. The van der Waals surface area contributed by atoms with Crippen molar-refractivity contribution in [3.63, 3.8) is 0 Å². The van der Waals surface area contributed by atoms with Gasteiger partial charge in [-0.25, -0.2) is 0 Å². The van der Waals surface area contributed by atoms with E-state index in [-0.39, 0.29) is 0 Å². The molecule has 1 heterocycles. The molecule has 1 fully saturated rings. The predicted octanol–water partition coefficient (Wildman–Crippen LogP) is 2.41. The molecule has 2 atom stereocenters. The van der Waals surface area contributed by atoms with Crippen molar-refractivity contribution >= 4 is 15.9 Å². The summed E-state index contributed by atoms with van der Waals surface area (Å²) < 4.78 is 6.48. The van der Waals surface area contributed by atoms with E-state index in [0.29, 0.717) is 13.2 Å². The van der Waals surface area contributed by atoms with Gasteiger partial charge in [-0.15, -0.1) is 0 Å². The maximum Gasteiger partial charge on any atom is 0.0969 e. The molecule has 0 spiro atoms. The molecule has 0 aromatic heterocycles. The fourth-order valence-electron chi connectivity index (χ4n) is 2.74. The molecule has 1 aromatic rings. The molecule has 3 nitrogen and oxygen atoms in total. The van der Waals surface area contributed by atoms with Crippen LogP contribution in [0.3, 0.4) is 0 Å². The normalized spacial score (nSPS) is 27.8. The minimum absolute atomic E-state index is 0.408. The molecule has 100 valence electrons. The molecule has 1 aromatic carbocycles. The highest BCUT2D eigenvalue weighted by atomic mass is 79.9. The Balaban J connectivity index is 2.42. The first kappa shape index (κ1) is 14.0. The van der Waals surface area contributed by atoms with E-state index < -0.39 is 11.0 Å². The number of ether oxygens (including phenoxy) is 1. The molecular weight excluding hydrogens is 294 g/mol. The average Bonchev–Trinajstić information content (AvgIpc) is 2.39. The first-order valence-electron chi connectivity index (χ1n) is 6.29. The molecule has 0 radical (unpaired) electrons. The van der Waals surface area contributed by atoms with Crippen molar-refractivity contribution in [2.75, 3.05) is 19.8 Å². The fraction of sp³-hybridized carbons (Fsp3) is 0.571. The average molecular weight is 314 g/mol. The monoisotopic (exact) mass is 313 g/mol. The van der Waals surface area contributed by atoms with E-state index in [1.54, 1.807) is 0 Å². The summed E-state index contributed by atoms with van der Waals surface area (Å²) in [5.74, 6) is 0. The summed E-state index contributed by atoms with van der Waals surface area (Å²) in [6, 6.07) is 7.76.